The molecule has 0 aliphatic carbocycles. The molecule has 1 atom stereocenters. The van der Waals surface area contributed by atoms with Crippen molar-refractivity contribution in [2.24, 2.45) is 0 Å². The second-order valence-electron chi connectivity index (χ2n) is 5.46. The third-order valence-electron chi connectivity index (χ3n) is 3.97. The summed E-state index contributed by atoms with van der Waals surface area (Å²) in [6.07, 6.45) is 0.0700. The second-order valence-corrected chi connectivity index (χ2v) is 5.46. The molecule has 0 unspecified atom stereocenters. The monoisotopic (exact) mass is 324 g/mol. The van der Waals surface area contributed by atoms with Crippen molar-refractivity contribution < 1.29 is 24.2 Å². The number of rotatable bonds is 4. The van der Waals surface area contributed by atoms with Gasteiger partial charge in [-0.2, -0.15) is 0 Å². The zero-order valence-electron chi connectivity index (χ0n) is 13.1. The SMILES string of the molecule is COC(=O)[C@@]1(Cc2ccccc2)OC(=O)C(O)=C1c1ccccc1. The number of carbonyl (C=O) groups is 2. The number of methoxy groups -OCH3 is 1. The van der Waals surface area contributed by atoms with Gasteiger partial charge in [-0.15, -0.1) is 0 Å². The fourth-order valence-electron chi connectivity index (χ4n) is 2.91. The summed E-state index contributed by atoms with van der Waals surface area (Å²) in [5.41, 5.74) is -0.275. The van der Waals surface area contributed by atoms with E-state index in [2.05, 4.69) is 0 Å². The van der Waals surface area contributed by atoms with Gasteiger partial charge in [-0.3, -0.25) is 0 Å². The van der Waals surface area contributed by atoms with Crippen molar-refractivity contribution in [2.75, 3.05) is 7.11 Å². The maximum atomic E-state index is 12.6. The van der Waals surface area contributed by atoms with Gasteiger partial charge in [-0.25, -0.2) is 9.59 Å². The molecular formula is C19H16O5. The van der Waals surface area contributed by atoms with Gasteiger partial charge in [0.05, 0.1) is 12.7 Å². The van der Waals surface area contributed by atoms with Crippen molar-refractivity contribution in [3.05, 3.63) is 77.5 Å². The van der Waals surface area contributed by atoms with E-state index in [1.807, 2.05) is 30.3 Å². The molecule has 0 bridgehead atoms. The predicted molar refractivity (Wildman–Crippen MR) is 87.0 cm³/mol. The topological polar surface area (TPSA) is 72.8 Å². The molecule has 0 fully saturated rings. The first-order valence-electron chi connectivity index (χ1n) is 7.43. The van der Waals surface area contributed by atoms with Crippen LogP contribution in [0.4, 0.5) is 0 Å². The molecule has 3 rings (SSSR count). The smallest absolute Gasteiger partial charge is 0.375 e. The van der Waals surface area contributed by atoms with Crippen LogP contribution in [0.2, 0.25) is 0 Å². The molecule has 1 heterocycles. The van der Waals surface area contributed by atoms with Crippen LogP contribution in [0.1, 0.15) is 11.1 Å². The zero-order chi connectivity index (χ0) is 17.2. The van der Waals surface area contributed by atoms with Crippen LogP contribution in [-0.2, 0) is 25.5 Å². The Labute approximate surface area is 139 Å². The highest BCUT2D eigenvalue weighted by Crippen LogP contribution is 2.42. The molecule has 0 radical (unpaired) electrons. The van der Waals surface area contributed by atoms with E-state index in [1.165, 1.54) is 7.11 Å². The van der Waals surface area contributed by atoms with E-state index in [0.717, 1.165) is 5.56 Å². The van der Waals surface area contributed by atoms with Crippen LogP contribution >= 0.6 is 0 Å². The van der Waals surface area contributed by atoms with Gasteiger partial charge in [0.1, 0.15) is 0 Å². The first kappa shape index (κ1) is 15.8. The van der Waals surface area contributed by atoms with E-state index >= 15 is 0 Å². The molecule has 2 aromatic rings. The molecule has 0 amide bonds. The van der Waals surface area contributed by atoms with Crippen LogP contribution in [0, 0.1) is 0 Å². The molecule has 0 spiro atoms. The minimum absolute atomic E-state index is 0.0700. The number of aliphatic hydroxyl groups is 1. The Bertz CT molecular complexity index is 795. The van der Waals surface area contributed by atoms with Crippen molar-refractivity contribution in [3.63, 3.8) is 0 Å². The molecule has 5 nitrogen and oxygen atoms in total. The zero-order valence-corrected chi connectivity index (χ0v) is 13.1. The highest BCUT2D eigenvalue weighted by atomic mass is 16.6. The summed E-state index contributed by atoms with van der Waals surface area (Å²) in [7, 11) is 1.22. The highest BCUT2D eigenvalue weighted by Gasteiger charge is 2.55. The van der Waals surface area contributed by atoms with E-state index in [0.29, 0.717) is 5.56 Å². The summed E-state index contributed by atoms with van der Waals surface area (Å²) < 4.78 is 10.2. The van der Waals surface area contributed by atoms with Crippen molar-refractivity contribution in [1.29, 1.82) is 0 Å². The van der Waals surface area contributed by atoms with Gasteiger partial charge in [0.15, 0.2) is 0 Å². The summed E-state index contributed by atoms with van der Waals surface area (Å²) in [6.45, 7) is 0. The quantitative estimate of drug-likeness (QED) is 0.875. The van der Waals surface area contributed by atoms with E-state index in [-0.39, 0.29) is 12.0 Å². The average molecular weight is 324 g/mol. The summed E-state index contributed by atoms with van der Waals surface area (Å²) >= 11 is 0. The summed E-state index contributed by atoms with van der Waals surface area (Å²) in [6, 6.07) is 17.8. The third kappa shape index (κ3) is 2.54. The molecule has 0 saturated carbocycles. The summed E-state index contributed by atoms with van der Waals surface area (Å²) in [5.74, 6) is -2.24. The van der Waals surface area contributed by atoms with Crippen molar-refractivity contribution >= 4 is 17.5 Å². The van der Waals surface area contributed by atoms with Crippen LogP contribution in [0.25, 0.3) is 5.57 Å². The van der Waals surface area contributed by atoms with Gasteiger partial charge < -0.3 is 14.6 Å². The van der Waals surface area contributed by atoms with E-state index in [1.54, 1.807) is 30.3 Å². The number of carbonyl (C=O) groups excluding carboxylic acids is 2. The van der Waals surface area contributed by atoms with E-state index < -0.39 is 23.3 Å². The van der Waals surface area contributed by atoms with Crippen molar-refractivity contribution in [1.82, 2.24) is 0 Å². The Morgan fingerprint density at radius 2 is 1.67 bits per heavy atom. The van der Waals surface area contributed by atoms with E-state index in [9.17, 15) is 14.7 Å². The largest absolute Gasteiger partial charge is 0.502 e. The standard InChI is InChI=1S/C19H16O5/c1-23-18(22)19(12-13-8-4-2-5-9-13)15(16(20)17(21)24-19)14-10-6-3-7-11-14/h2-11,20H,12H2,1H3/t19-/m0/s1. The maximum absolute atomic E-state index is 12.6. The number of ether oxygens (including phenoxy) is 2. The molecule has 1 N–H and O–H groups in total. The van der Waals surface area contributed by atoms with Crippen LogP contribution in [0.15, 0.2) is 66.4 Å². The average Bonchev–Trinajstić information content (AvgIpc) is 2.87. The fraction of sp³-hybridized carbons (Fsp3) is 0.158. The molecular weight excluding hydrogens is 308 g/mol. The lowest BCUT2D eigenvalue weighted by molar-refractivity contribution is -0.169. The normalized spacial score (nSPS) is 20.0. The van der Waals surface area contributed by atoms with Crippen molar-refractivity contribution in [3.8, 4) is 0 Å². The lowest BCUT2D eigenvalue weighted by Gasteiger charge is -2.28. The lowest BCUT2D eigenvalue weighted by Crippen LogP contribution is -2.44. The molecule has 1 aliphatic heterocycles. The minimum atomic E-state index is -1.71. The van der Waals surface area contributed by atoms with Crippen LogP contribution in [-0.4, -0.2) is 29.8 Å². The van der Waals surface area contributed by atoms with Crippen LogP contribution in [0.5, 0.6) is 0 Å². The summed E-state index contributed by atoms with van der Waals surface area (Å²) in [5, 5.41) is 10.3. The number of cyclic esters (lactones) is 1. The Hall–Kier alpha value is -3.08. The number of hydrogen-bond donors (Lipinski definition) is 1. The first-order valence-corrected chi connectivity index (χ1v) is 7.43. The first-order chi connectivity index (χ1) is 11.6. The molecule has 122 valence electrons. The van der Waals surface area contributed by atoms with Crippen LogP contribution in [0.3, 0.4) is 0 Å². The number of aliphatic hydroxyl groups excluding tert-OH is 1. The Morgan fingerprint density at radius 3 is 2.25 bits per heavy atom. The molecule has 2 aromatic carbocycles. The second kappa shape index (κ2) is 6.20. The molecule has 5 heteroatoms. The Balaban J connectivity index is 2.17. The predicted octanol–water partition coefficient (Wildman–Crippen LogP) is 2.67. The van der Waals surface area contributed by atoms with Crippen molar-refractivity contribution in [2.45, 2.75) is 12.0 Å². The van der Waals surface area contributed by atoms with Gasteiger partial charge in [-0.1, -0.05) is 60.7 Å². The van der Waals surface area contributed by atoms with Gasteiger partial charge in [0.2, 0.25) is 11.4 Å². The maximum Gasteiger partial charge on any atom is 0.375 e. The minimum Gasteiger partial charge on any atom is -0.502 e. The van der Waals surface area contributed by atoms with Gasteiger partial charge in [0, 0.05) is 6.42 Å². The molecule has 0 saturated heterocycles. The van der Waals surface area contributed by atoms with E-state index in [4.69, 9.17) is 9.47 Å². The highest BCUT2D eigenvalue weighted by molar-refractivity contribution is 6.11. The summed E-state index contributed by atoms with van der Waals surface area (Å²) in [4.78, 5) is 24.6. The lowest BCUT2D eigenvalue weighted by atomic mass is 9.83. The number of benzene rings is 2. The van der Waals surface area contributed by atoms with Gasteiger partial charge in [-0.05, 0) is 11.1 Å². The Kier molecular flexibility index (Phi) is 4.08. The fourth-order valence-corrected chi connectivity index (χ4v) is 2.91. The van der Waals surface area contributed by atoms with Gasteiger partial charge >= 0.3 is 11.9 Å². The van der Waals surface area contributed by atoms with Gasteiger partial charge in [0.25, 0.3) is 0 Å². The third-order valence-corrected chi connectivity index (χ3v) is 3.97. The Morgan fingerprint density at radius 1 is 1.08 bits per heavy atom. The number of esters is 2. The molecule has 1 aliphatic rings. The molecule has 0 aromatic heterocycles. The molecule has 24 heavy (non-hydrogen) atoms. The number of hydrogen-bond acceptors (Lipinski definition) is 5. The van der Waals surface area contributed by atoms with Crippen LogP contribution < -0.4 is 0 Å².